The van der Waals surface area contributed by atoms with Gasteiger partial charge in [0.2, 0.25) is 11.9 Å². The molecular weight excluding hydrogens is 348 g/mol. The van der Waals surface area contributed by atoms with Gasteiger partial charge in [-0.3, -0.25) is 4.79 Å². The first-order chi connectivity index (χ1) is 13.6. The fraction of sp³-hybridized carbons (Fsp3) is 0.391. The van der Waals surface area contributed by atoms with Crippen LogP contribution in [0.1, 0.15) is 42.4 Å². The third-order valence-electron chi connectivity index (χ3n) is 5.58. The summed E-state index contributed by atoms with van der Waals surface area (Å²) in [6.07, 6.45) is 3.80. The van der Waals surface area contributed by atoms with E-state index in [9.17, 15) is 4.79 Å². The number of aryl methyl sites for hydroxylation is 2. The number of amides is 1. The number of anilines is 1. The van der Waals surface area contributed by atoms with Gasteiger partial charge in [-0.1, -0.05) is 41.5 Å². The zero-order valence-corrected chi connectivity index (χ0v) is 16.6. The normalized spacial score (nSPS) is 19.5. The number of hydrogen-bond acceptors (Lipinski definition) is 3. The molecule has 0 saturated heterocycles. The lowest BCUT2D eigenvalue weighted by atomic mass is 9.85. The van der Waals surface area contributed by atoms with E-state index in [4.69, 9.17) is 0 Å². The fourth-order valence-corrected chi connectivity index (χ4v) is 4.22. The van der Waals surface area contributed by atoms with E-state index in [0.717, 1.165) is 42.7 Å². The highest BCUT2D eigenvalue weighted by Gasteiger charge is 2.26. The number of nitrogens with zero attached hydrogens (tertiary/aromatic N) is 1. The number of rotatable bonds is 5. The van der Waals surface area contributed by atoms with Gasteiger partial charge < -0.3 is 15.6 Å². The van der Waals surface area contributed by atoms with E-state index in [1.165, 1.54) is 16.7 Å². The molecule has 1 aliphatic rings. The van der Waals surface area contributed by atoms with Gasteiger partial charge in [-0.15, -0.1) is 0 Å². The van der Waals surface area contributed by atoms with Gasteiger partial charge in [0.05, 0.1) is 11.0 Å². The predicted molar refractivity (Wildman–Crippen MR) is 113 cm³/mol. The lowest BCUT2D eigenvalue weighted by molar-refractivity contribution is -0.126. The second-order valence-corrected chi connectivity index (χ2v) is 8.01. The standard InChI is InChI=1S/C23H28N4O/c1-15-11-16(2)13-17(12-15)14-24-22(28)18-7-9-19(10-8-18)25-23-26-20-5-3-4-6-21(20)27-23/h3-6,11-13,18-19H,7-10,14H2,1-2H3,(H,24,28)(H2,25,26,27)/t18-,19-. The van der Waals surface area contributed by atoms with Crippen molar-refractivity contribution in [2.24, 2.45) is 5.92 Å². The lowest BCUT2D eigenvalue weighted by Gasteiger charge is -2.28. The smallest absolute Gasteiger partial charge is 0.223 e. The molecule has 0 bridgehead atoms. The number of para-hydroxylation sites is 2. The molecule has 0 unspecified atom stereocenters. The lowest BCUT2D eigenvalue weighted by Crippen LogP contribution is -2.35. The molecule has 2 aromatic carbocycles. The van der Waals surface area contributed by atoms with E-state index in [2.05, 4.69) is 52.6 Å². The number of aromatic nitrogens is 2. The van der Waals surface area contributed by atoms with Gasteiger partial charge in [-0.05, 0) is 57.2 Å². The Balaban J connectivity index is 1.26. The van der Waals surface area contributed by atoms with E-state index in [-0.39, 0.29) is 11.8 Å². The largest absolute Gasteiger partial charge is 0.353 e. The van der Waals surface area contributed by atoms with Crippen LogP contribution in [0.3, 0.4) is 0 Å². The Kier molecular flexibility index (Phi) is 5.33. The first-order valence-electron chi connectivity index (χ1n) is 10.1. The summed E-state index contributed by atoms with van der Waals surface area (Å²) in [5.74, 6) is 1.12. The molecule has 146 valence electrons. The van der Waals surface area contributed by atoms with Crippen LogP contribution in [0.25, 0.3) is 11.0 Å². The van der Waals surface area contributed by atoms with Crippen LogP contribution >= 0.6 is 0 Å². The van der Waals surface area contributed by atoms with Gasteiger partial charge in [0, 0.05) is 18.5 Å². The number of hydrogen-bond donors (Lipinski definition) is 3. The van der Waals surface area contributed by atoms with Gasteiger partial charge in [0.1, 0.15) is 0 Å². The van der Waals surface area contributed by atoms with Crippen molar-refractivity contribution in [2.75, 3.05) is 5.32 Å². The summed E-state index contributed by atoms with van der Waals surface area (Å²) in [7, 11) is 0. The Morgan fingerprint density at radius 3 is 2.50 bits per heavy atom. The third-order valence-corrected chi connectivity index (χ3v) is 5.58. The molecule has 4 rings (SSSR count). The van der Waals surface area contributed by atoms with Crippen LogP contribution in [0, 0.1) is 19.8 Å². The molecule has 0 spiro atoms. The number of fused-ring (bicyclic) bond motifs is 1. The van der Waals surface area contributed by atoms with E-state index in [1.54, 1.807) is 0 Å². The highest BCUT2D eigenvalue weighted by Crippen LogP contribution is 2.27. The first kappa shape index (κ1) is 18.5. The Labute approximate surface area is 166 Å². The molecule has 1 aliphatic carbocycles. The molecule has 0 aliphatic heterocycles. The van der Waals surface area contributed by atoms with Crippen LogP contribution in [-0.4, -0.2) is 21.9 Å². The van der Waals surface area contributed by atoms with Gasteiger partial charge in [-0.25, -0.2) is 4.98 Å². The number of carbonyl (C=O) groups is 1. The quantitative estimate of drug-likeness (QED) is 0.615. The van der Waals surface area contributed by atoms with Crippen LogP contribution in [0.15, 0.2) is 42.5 Å². The van der Waals surface area contributed by atoms with Crippen molar-refractivity contribution in [3.8, 4) is 0 Å². The molecule has 3 N–H and O–H groups in total. The average Bonchev–Trinajstić information content (AvgIpc) is 3.08. The number of benzene rings is 2. The molecule has 1 aromatic heterocycles. The number of aromatic amines is 1. The molecule has 1 fully saturated rings. The summed E-state index contributed by atoms with van der Waals surface area (Å²) in [5, 5.41) is 6.63. The number of H-pyrrole nitrogens is 1. The molecule has 28 heavy (non-hydrogen) atoms. The molecule has 1 amide bonds. The summed E-state index contributed by atoms with van der Waals surface area (Å²) in [4.78, 5) is 20.5. The maximum absolute atomic E-state index is 12.6. The molecule has 0 radical (unpaired) electrons. The molecule has 3 aromatic rings. The summed E-state index contributed by atoms with van der Waals surface area (Å²) in [6.45, 7) is 4.79. The van der Waals surface area contributed by atoms with Crippen molar-refractivity contribution in [1.82, 2.24) is 15.3 Å². The highest BCUT2D eigenvalue weighted by molar-refractivity contribution is 5.79. The summed E-state index contributed by atoms with van der Waals surface area (Å²) in [6, 6.07) is 14.8. The average molecular weight is 377 g/mol. The van der Waals surface area contributed by atoms with E-state index in [0.29, 0.717) is 12.6 Å². The minimum Gasteiger partial charge on any atom is -0.353 e. The Hall–Kier alpha value is -2.82. The van der Waals surface area contributed by atoms with Crippen molar-refractivity contribution < 1.29 is 4.79 Å². The zero-order valence-electron chi connectivity index (χ0n) is 16.6. The maximum atomic E-state index is 12.6. The number of nitrogens with one attached hydrogen (secondary N) is 3. The maximum Gasteiger partial charge on any atom is 0.223 e. The van der Waals surface area contributed by atoms with Crippen molar-refractivity contribution in [3.63, 3.8) is 0 Å². The van der Waals surface area contributed by atoms with Crippen LogP contribution in [0.5, 0.6) is 0 Å². The van der Waals surface area contributed by atoms with E-state index < -0.39 is 0 Å². The molecule has 1 saturated carbocycles. The predicted octanol–water partition coefficient (Wildman–Crippen LogP) is 4.47. The fourth-order valence-electron chi connectivity index (χ4n) is 4.22. The van der Waals surface area contributed by atoms with Crippen LogP contribution in [0.2, 0.25) is 0 Å². The second kappa shape index (κ2) is 8.05. The molecule has 0 atom stereocenters. The van der Waals surface area contributed by atoms with Gasteiger partial charge in [-0.2, -0.15) is 0 Å². The molecule has 1 heterocycles. The molecular formula is C23H28N4O. The highest BCUT2D eigenvalue weighted by atomic mass is 16.1. The van der Waals surface area contributed by atoms with E-state index in [1.807, 2.05) is 24.3 Å². The summed E-state index contributed by atoms with van der Waals surface area (Å²) < 4.78 is 0. The van der Waals surface area contributed by atoms with Crippen molar-refractivity contribution in [2.45, 2.75) is 52.1 Å². The first-order valence-corrected chi connectivity index (χ1v) is 10.1. The SMILES string of the molecule is Cc1cc(C)cc(CNC(=O)[C@H]2CC[C@H](Nc3nc4ccccc4[nH]3)CC2)c1. The van der Waals surface area contributed by atoms with Crippen molar-refractivity contribution in [3.05, 3.63) is 59.2 Å². The monoisotopic (exact) mass is 376 g/mol. The number of imidazole rings is 1. The third kappa shape index (κ3) is 4.35. The minimum absolute atomic E-state index is 0.111. The summed E-state index contributed by atoms with van der Waals surface area (Å²) in [5.41, 5.74) is 5.67. The van der Waals surface area contributed by atoms with Crippen LogP contribution in [0.4, 0.5) is 5.95 Å². The van der Waals surface area contributed by atoms with Gasteiger partial charge >= 0.3 is 0 Å². The molecule has 5 heteroatoms. The topological polar surface area (TPSA) is 69.8 Å². The molecule has 5 nitrogen and oxygen atoms in total. The van der Waals surface area contributed by atoms with Gasteiger partial charge in [0.25, 0.3) is 0 Å². The Morgan fingerprint density at radius 1 is 1.07 bits per heavy atom. The van der Waals surface area contributed by atoms with Crippen molar-refractivity contribution >= 4 is 22.9 Å². The number of carbonyl (C=O) groups excluding carboxylic acids is 1. The Morgan fingerprint density at radius 2 is 1.79 bits per heavy atom. The van der Waals surface area contributed by atoms with Crippen molar-refractivity contribution in [1.29, 1.82) is 0 Å². The Bertz CT molecular complexity index is 916. The van der Waals surface area contributed by atoms with Crippen LogP contribution in [-0.2, 0) is 11.3 Å². The van der Waals surface area contributed by atoms with E-state index >= 15 is 0 Å². The second-order valence-electron chi connectivity index (χ2n) is 8.01. The summed E-state index contributed by atoms with van der Waals surface area (Å²) >= 11 is 0. The minimum atomic E-state index is 0.111. The van der Waals surface area contributed by atoms with Gasteiger partial charge in [0.15, 0.2) is 0 Å². The van der Waals surface area contributed by atoms with Crippen LogP contribution < -0.4 is 10.6 Å². The zero-order chi connectivity index (χ0) is 19.5.